The van der Waals surface area contributed by atoms with Crippen LogP contribution in [0.5, 0.6) is 0 Å². The fourth-order valence-electron chi connectivity index (χ4n) is 4.31. The predicted octanol–water partition coefficient (Wildman–Crippen LogP) is -1.49. The smallest absolute Gasteiger partial charge is 0.404 e. The molecule has 1 aliphatic carbocycles. The van der Waals surface area contributed by atoms with Gasteiger partial charge in [0.25, 0.3) is 0 Å². The molecule has 10 nitrogen and oxygen atoms in total. The Bertz CT molecular complexity index is 759. The molecular formula is C15H21N5O5. The van der Waals surface area contributed by atoms with E-state index in [0.717, 1.165) is 0 Å². The van der Waals surface area contributed by atoms with Gasteiger partial charge in [0, 0.05) is 30.8 Å². The van der Waals surface area contributed by atoms with Gasteiger partial charge in [-0.15, -0.1) is 0 Å². The Balaban J connectivity index is 0.00000182. The number of hydrogen-bond acceptors (Lipinski definition) is 9. The highest BCUT2D eigenvalue weighted by molar-refractivity contribution is 6.25. The Morgan fingerprint density at radius 1 is 1.40 bits per heavy atom. The number of Topliss-reactive ketones (excluding diaryl/α,β-unsaturated/α-hetero) is 2. The molecule has 0 spiro atoms. The number of fused-ring (bicyclic) bond motifs is 4. The highest BCUT2D eigenvalue weighted by Gasteiger charge is 2.72. The number of amides is 1. The van der Waals surface area contributed by atoms with Crippen LogP contribution in [0.25, 0.3) is 0 Å². The molecule has 0 aromatic rings. The van der Waals surface area contributed by atoms with Gasteiger partial charge in [-0.1, -0.05) is 0 Å². The van der Waals surface area contributed by atoms with E-state index in [1.165, 1.54) is 14.0 Å². The molecule has 0 saturated carbocycles. The van der Waals surface area contributed by atoms with Gasteiger partial charge in [-0.3, -0.25) is 9.59 Å². The van der Waals surface area contributed by atoms with Crippen molar-refractivity contribution >= 4 is 17.7 Å². The summed E-state index contributed by atoms with van der Waals surface area (Å²) in [6.45, 7) is 1.92. The first-order valence-corrected chi connectivity index (χ1v) is 7.65. The van der Waals surface area contributed by atoms with Crippen LogP contribution in [0.4, 0.5) is 4.79 Å². The van der Waals surface area contributed by atoms with Crippen LogP contribution in [0.3, 0.4) is 0 Å². The van der Waals surface area contributed by atoms with Crippen molar-refractivity contribution in [3.05, 3.63) is 22.5 Å². The first-order chi connectivity index (χ1) is 11.3. The molecule has 0 aromatic heterocycles. The zero-order valence-electron chi connectivity index (χ0n) is 14.0. The Hall–Kier alpha value is -2.43. The number of carbonyl (C=O) groups excluding carboxylic acids is 3. The van der Waals surface area contributed by atoms with Crippen LogP contribution in [0.15, 0.2) is 22.5 Å². The van der Waals surface area contributed by atoms with E-state index < -0.39 is 23.5 Å². The Kier molecular flexibility index (Phi) is 3.67. The lowest BCUT2D eigenvalue weighted by atomic mass is 9.82. The van der Waals surface area contributed by atoms with E-state index in [4.69, 9.17) is 20.9 Å². The number of rotatable bonds is 3. The van der Waals surface area contributed by atoms with Crippen molar-refractivity contribution < 1.29 is 23.9 Å². The number of nitrogens with one attached hydrogen (secondary N) is 1. The number of piperazine rings is 1. The molecule has 3 aliphatic heterocycles. The summed E-state index contributed by atoms with van der Waals surface area (Å²) in [6.07, 6.45) is -0.950. The van der Waals surface area contributed by atoms with E-state index >= 15 is 0 Å². The number of primary amides is 1. The number of nitrogens with two attached hydrogens (primary N) is 2. The highest BCUT2D eigenvalue weighted by atomic mass is 16.6. The van der Waals surface area contributed by atoms with Crippen LogP contribution >= 0.6 is 0 Å². The molecule has 10 heteroatoms. The molecule has 2 fully saturated rings. The third kappa shape index (κ3) is 1.92. The number of hydrogen-bond donors (Lipinski definition) is 4. The fraction of sp³-hybridized carbons (Fsp3) is 0.533. The molecule has 0 aromatic carbocycles. The summed E-state index contributed by atoms with van der Waals surface area (Å²) in [4.78, 5) is 38.4. The highest BCUT2D eigenvalue weighted by Crippen LogP contribution is 2.55. The largest absolute Gasteiger partial charge is 0.449 e. The maximum absolute atomic E-state index is 12.8. The molecule has 3 heterocycles. The standard InChI is InChI=1S/C15H18N4O5.H3N/c1-5-9(16)12(21)8-6(4-24-14(17)22)15(23-2)13-7(18-13)3-19(15)10(8)11(5)20;/h6-7,13,18H,3-4,16H2,1-2H3,(H2,17,22);1H3/t6-,7+,13+,15-;/m1./s1. The molecule has 0 bridgehead atoms. The average molecular weight is 351 g/mol. The summed E-state index contributed by atoms with van der Waals surface area (Å²) < 4.78 is 10.8. The number of ether oxygens (including phenoxy) is 2. The van der Waals surface area contributed by atoms with E-state index in [-0.39, 0.29) is 47.5 Å². The quantitative estimate of drug-likeness (QED) is 0.347. The van der Waals surface area contributed by atoms with E-state index in [0.29, 0.717) is 12.2 Å². The van der Waals surface area contributed by atoms with Crippen LogP contribution in [-0.4, -0.2) is 60.6 Å². The van der Waals surface area contributed by atoms with Crippen LogP contribution in [0.2, 0.25) is 0 Å². The lowest BCUT2D eigenvalue weighted by molar-refractivity contribution is -0.137. The summed E-state index contributed by atoms with van der Waals surface area (Å²) in [5, 5.41) is 3.28. The van der Waals surface area contributed by atoms with Crippen molar-refractivity contribution in [2.45, 2.75) is 24.7 Å². The zero-order valence-corrected chi connectivity index (χ0v) is 14.0. The van der Waals surface area contributed by atoms with E-state index in [1.54, 1.807) is 0 Å². The van der Waals surface area contributed by atoms with Crippen molar-refractivity contribution in [3.63, 3.8) is 0 Å². The summed E-state index contributed by atoms with van der Waals surface area (Å²) in [5.41, 5.74) is 10.7. The SMILES string of the molecule is CO[C@@]12[C@H](COC(N)=O)C3=C(C(=O)C(C)=C(N)C3=O)N1C[C@@H]1N[C@@H]12.N. The van der Waals surface area contributed by atoms with Crippen molar-refractivity contribution in [2.75, 3.05) is 20.3 Å². The van der Waals surface area contributed by atoms with E-state index in [9.17, 15) is 14.4 Å². The molecule has 8 N–H and O–H groups in total. The molecule has 2 saturated heterocycles. The molecule has 4 rings (SSSR count). The van der Waals surface area contributed by atoms with Gasteiger partial charge in [-0.25, -0.2) is 4.79 Å². The van der Waals surface area contributed by atoms with Gasteiger partial charge in [0.05, 0.1) is 23.4 Å². The third-order valence-corrected chi connectivity index (χ3v) is 5.47. The molecule has 0 unspecified atom stereocenters. The molecule has 4 aliphatic rings. The Morgan fingerprint density at radius 3 is 2.68 bits per heavy atom. The minimum Gasteiger partial charge on any atom is -0.449 e. The maximum Gasteiger partial charge on any atom is 0.404 e. The Morgan fingerprint density at radius 2 is 2.08 bits per heavy atom. The summed E-state index contributed by atoms with van der Waals surface area (Å²) >= 11 is 0. The summed E-state index contributed by atoms with van der Waals surface area (Å²) in [7, 11) is 1.52. The molecule has 136 valence electrons. The number of methoxy groups -OCH3 is 1. The van der Waals surface area contributed by atoms with Gasteiger partial charge < -0.3 is 37.3 Å². The number of allylic oxidation sites excluding steroid dienone is 2. The molecule has 0 radical (unpaired) electrons. The summed E-state index contributed by atoms with van der Waals surface area (Å²) in [6, 6.07) is 0.109. The van der Waals surface area contributed by atoms with Crippen molar-refractivity contribution in [2.24, 2.45) is 17.4 Å². The maximum atomic E-state index is 12.8. The minimum atomic E-state index is -0.957. The second-order valence-corrected chi connectivity index (χ2v) is 6.46. The normalized spacial score (nSPS) is 35.3. The van der Waals surface area contributed by atoms with Gasteiger partial charge in [0.1, 0.15) is 6.61 Å². The first kappa shape index (κ1) is 17.4. The van der Waals surface area contributed by atoms with E-state index in [2.05, 4.69) is 5.32 Å². The third-order valence-electron chi connectivity index (χ3n) is 5.47. The minimum absolute atomic E-state index is 0. The summed E-state index contributed by atoms with van der Waals surface area (Å²) in [5.74, 6) is -1.34. The van der Waals surface area contributed by atoms with Gasteiger partial charge in [-0.2, -0.15) is 0 Å². The zero-order chi connectivity index (χ0) is 17.4. The molecule has 1 amide bonds. The number of carbonyl (C=O) groups is 3. The van der Waals surface area contributed by atoms with E-state index in [1.807, 2.05) is 4.90 Å². The second kappa shape index (κ2) is 5.28. The van der Waals surface area contributed by atoms with Crippen molar-refractivity contribution in [3.8, 4) is 0 Å². The predicted molar refractivity (Wildman–Crippen MR) is 85.1 cm³/mol. The van der Waals surface area contributed by atoms with Gasteiger partial charge >= 0.3 is 6.09 Å². The van der Waals surface area contributed by atoms with Crippen LogP contribution in [0, 0.1) is 5.92 Å². The first-order valence-electron chi connectivity index (χ1n) is 7.65. The molecular weight excluding hydrogens is 330 g/mol. The van der Waals surface area contributed by atoms with Gasteiger partial charge in [0.2, 0.25) is 11.6 Å². The Labute approximate surface area is 143 Å². The average Bonchev–Trinajstić information content (AvgIpc) is 3.16. The van der Waals surface area contributed by atoms with Crippen LogP contribution in [0.1, 0.15) is 6.92 Å². The van der Waals surface area contributed by atoms with Gasteiger partial charge in [-0.05, 0) is 6.92 Å². The second-order valence-electron chi connectivity index (χ2n) is 6.46. The van der Waals surface area contributed by atoms with Crippen molar-refractivity contribution in [1.82, 2.24) is 16.4 Å². The number of nitrogens with zero attached hydrogens (tertiary/aromatic N) is 1. The topological polar surface area (TPSA) is 182 Å². The molecule has 4 atom stereocenters. The number of ketones is 2. The lowest BCUT2D eigenvalue weighted by Crippen LogP contribution is -2.55. The molecule has 25 heavy (non-hydrogen) atoms. The fourth-order valence-corrected chi connectivity index (χ4v) is 4.31. The van der Waals surface area contributed by atoms with Crippen LogP contribution in [-0.2, 0) is 19.1 Å². The lowest BCUT2D eigenvalue weighted by Gasteiger charge is -2.39. The van der Waals surface area contributed by atoms with Gasteiger partial charge in [0.15, 0.2) is 5.72 Å². The van der Waals surface area contributed by atoms with Crippen molar-refractivity contribution in [1.29, 1.82) is 0 Å². The van der Waals surface area contributed by atoms with Crippen LogP contribution < -0.4 is 22.9 Å². The monoisotopic (exact) mass is 351 g/mol.